The first kappa shape index (κ1) is 15.3. The lowest BCUT2D eigenvalue weighted by molar-refractivity contribution is 0.596. The number of sulfone groups is 1. The maximum atomic E-state index is 11.6. The monoisotopic (exact) mass is 297 g/mol. The van der Waals surface area contributed by atoms with E-state index in [1.54, 1.807) is 0 Å². The van der Waals surface area contributed by atoms with Crippen LogP contribution in [0.15, 0.2) is 18.3 Å². The fourth-order valence-corrected chi connectivity index (χ4v) is 3.70. The Labute approximate surface area is 121 Å². The molecule has 2 heterocycles. The minimum Gasteiger partial charge on any atom is -0.356 e. The van der Waals surface area contributed by atoms with E-state index in [1.165, 1.54) is 0 Å². The number of anilines is 1. The summed E-state index contributed by atoms with van der Waals surface area (Å²) in [5.74, 6) is 1.39. The minimum absolute atomic E-state index is 0.226. The molecule has 6 heteroatoms. The van der Waals surface area contributed by atoms with E-state index >= 15 is 0 Å². The molecule has 0 aliphatic carbocycles. The van der Waals surface area contributed by atoms with Crippen LogP contribution in [0.3, 0.4) is 0 Å². The highest BCUT2D eigenvalue weighted by Gasteiger charge is 2.20. The molecular weight excluding hydrogens is 274 g/mol. The molecule has 0 amide bonds. The van der Waals surface area contributed by atoms with Crippen molar-refractivity contribution >= 4 is 15.7 Å². The molecule has 1 aromatic rings. The first-order valence-corrected chi connectivity index (χ1v) is 8.98. The first-order valence-electron chi connectivity index (χ1n) is 7.16. The van der Waals surface area contributed by atoms with Crippen LogP contribution in [0.1, 0.15) is 31.9 Å². The van der Waals surface area contributed by atoms with E-state index in [0.29, 0.717) is 18.7 Å². The quantitative estimate of drug-likeness (QED) is 0.909. The van der Waals surface area contributed by atoms with E-state index in [4.69, 9.17) is 0 Å². The fraction of sp³-hybridized carbons (Fsp3) is 0.643. The van der Waals surface area contributed by atoms with E-state index < -0.39 is 9.84 Å². The average molecular weight is 297 g/mol. The molecule has 0 spiro atoms. The molecule has 20 heavy (non-hydrogen) atoms. The number of pyridine rings is 1. The Morgan fingerprint density at radius 1 is 1.35 bits per heavy atom. The summed E-state index contributed by atoms with van der Waals surface area (Å²) >= 11 is 0. The van der Waals surface area contributed by atoms with Crippen molar-refractivity contribution in [3.8, 4) is 0 Å². The van der Waals surface area contributed by atoms with Crippen LogP contribution < -0.4 is 10.2 Å². The second kappa shape index (κ2) is 6.54. The molecular formula is C14H23N3O2S. The van der Waals surface area contributed by atoms with Crippen LogP contribution in [0.25, 0.3) is 0 Å². The molecule has 1 N–H and O–H groups in total. The van der Waals surface area contributed by atoms with Crippen molar-refractivity contribution < 1.29 is 8.42 Å². The van der Waals surface area contributed by atoms with Gasteiger partial charge in [-0.1, -0.05) is 13.0 Å². The van der Waals surface area contributed by atoms with Gasteiger partial charge in [0.05, 0.1) is 11.5 Å². The van der Waals surface area contributed by atoms with Crippen LogP contribution in [0.2, 0.25) is 0 Å². The molecule has 1 aromatic heterocycles. The summed E-state index contributed by atoms with van der Waals surface area (Å²) in [6, 6.07) is 4.34. The second-order valence-corrected chi connectivity index (χ2v) is 7.53. The van der Waals surface area contributed by atoms with Gasteiger partial charge >= 0.3 is 0 Å². The van der Waals surface area contributed by atoms with Gasteiger partial charge in [-0.15, -0.1) is 0 Å². The van der Waals surface area contributed by atoms with Crippen LogP contribution in [0.4, 0.5) is 5.82 Å². The lowest BCUT2D eigenvalue weighted by Crippen LogP contribution is -2.27. The number of aromatic nitrogens is 1. The van der Waals surface area contributed by atoms with Crippen molar-refractivity contribution in [2.45, 2.75) is 26.3 Å². The topological polar surface area (TPSA) is 62.3 Å². The summed E-state index contributed by atoms with van der Waals surface area (Å²) < 4.78 is 23.2. The highest BCUT2D eigenvalue weighted by atomic mass is 32.2. The lowest BCUT2D eigenvalue weighted by atomic mass is 10.1. The number of nitrogens with zero attached hydrogens (tertiary/aromatic N) is 2. The van der Waals surface area contributed by atoms with E-state index in [9.17, 15) is 8.42 Å². The second-order valence-electron chi connectivity index (χ2n) is 5.22. The third kappa shape index (κ3) is 3.93. The molecule has 0 bridgehead atoms. The van der Waals surface area contributed by atoms with Crippen molar-refractivity contribution in [1.82, 2.24) is 10.3 Å². The van der Waals surface area contributed by atoms with Gasteiger partial charge in [0, 0.05) is 25.3 Å². The molecule has 5 nitrogen and oxygen atoms in total. The van der Waals surface area contributed by atoms with Crippen LogP contribution in [0.5, 0.6) is 0 Å². The molecule has 112 valence electrons. The molecule has 1 unspecified atom stereocenters. The molecule has 0 radical (unpaired) electrons. The zero-order chi connectivity index (χ0) is 14.6. The van der Waals surface area contributed by atoms with Crippen molar-refractivity contribution in [2.24, 2.45) is 0 Å². The SMILES string of the molecule is CCNC(C)c1ccc(N2CCCS(=O)(=O)CC2)nc1. The standard InChI is InChI=1S/C14H23N3O2S/c1-3-15-12(2)13-5-6-14(16-11-13)17-7-4-9-20(18,19)10-8-17/h5-6,11-12,15H,3-4,7-10H2,1-2H3. The third-order valence-corrected chi connectivity index (χ3v) is 5.38. The summed E-state index contributed by atoms with van der Waals surface area (Å²) in [4.78, 5) is 6.55. The number of nitrogens with one attached hydrogen (secondary N) is 1. The maximum Gasteiger partial charge on any atom is 0.152 e. The zero-order valence-electron chi connectivity index (χ0n) is 12.2. The van der Waals surface area contributed by atoms with E-state index in [2.05, 4.69) is 35.1 Å². The summed E-state index contributed by atoms with van der Waals surface area (Å²) in [6.45, 7) is 6.41. The van der Waals surface area contributed by atoms with Gasteiger partial charge in [-0.3, -0.25) is 0 Å². The zero-order valence-corrected chi connectivity index (χ0v) is 13.0. The average Bonchev–Trinajstić information content (AvgIpc) is 2.60. The van der Waals surface area contributed by atoms with Crippen molar-refractivity contribution in [2.75, 3.05) is 36.0 Å². The van der Waals surface area contributed by atoms with Gasteiger partial charge in [-0.25, -0.2) is 13.4 Å². The van der Waals surface area contributed by atoms with Crippen molar-refractivity contribution in [1.29, 1.82) is 0 Å². The summed E-state index contributed by atoms with van der Waals surface area (Å²) in [6.07, 6.45) is 2.56. The van der Waals surface area contributed by atoms with E-state index in [0.717, 1.165) is 24.5 Å². The van der Waals surface area contributed by atoms with Gasteiger partial charge in [0.15, 0.2) is 9.84 Å². The fourth-order valence-electron chi connectivity index (χ4n) is 2.43. The molecule has 0 saturated carbocycles. The van der Waals surface area contributed by atoms with Gasteiger partial charge in [0.25, 0.3) is 0 Å². The number of rotatable bonds is 4. The molecule has 1 saturated heterocycles. The van der Waals surface area contributed by atoms with Gasteiger partial charge in [-0.05, 0) is 31.5 Å². The van der Waals surface area contributed by atoms with Crippen LogP contribution in [-0.4, -0.2) is 44.5 Å². The Morgan fingerprint density at radius 2 is 2.15 bits per heavy atom. The van der Waals surface area contributed by atoms with Crippen molar-refractivity contribution in [3.05, 3.63) is 23.9 Å². The molecule has 2 rings (SSSR count). The molecule has 1 aliphatic rings. The van der Waals surface area contributed by atoms with Gasteiger partial charge in [-0.2, -0.15) is 0 Å². The van der Waals surface area contributed by atoms with Crippen LogP contribution in [0, 0.1) is 0 Å². The summed E-state index contributed by atoms with van der Waals surface area (Å²) in [7, 11) is -2.87. The van der Waals surface area contributed by atoms with E-state index in [1.807, 2.05) is 12.3 Å². The van der Waals surface area contributed by atoms with Crippen LogP contribution in [-0.2, 0) is 9.84 Å². The Morgan fingerprint density at radius 3 is 2.80 bits per heavy atom. The van der Waals surface area contributed by atoms with Crippen molar-refractivity contribution in [3.63, 3.8) is 0 Å². The number of hydrogen-bond donors (Lipinski definition) is 1. The lowest BCUT2D eigenvalue weighted by Gasteiger charge is -2.21. The molecule has 1 atom stereocenters. The highest BCUT2D eigenvalue weighted by molar-refractivity contribution is 7.91. The van der Waals surface area contributed by atoms with Gasteiger partial charge in [0.1, 0.15) is 5.82 Å². The smallest absolute Gasteiger partial charge is 0.152 e. The minimum atomic E-state index is -2.87. The number of hydrogen-bond acceptors (Lipinski definition) is 5. The first-order chi connectivity index (χ1) is 9.52. The van der Waals surface area contributed by atoms with E-state index in [-0.39, 0.29) is 11.8 Å². The molecule has 0 aromatic carbocycles. The third-order valence-electron chi connectivity index (χ3n) is 3.66. The van der Waals surface area contributed by atoms with Gasteiger partial charge < -0.3 is 10.2 Å². The Bertz CT molecular complexity index is 528. The molecule has 1 fully saturated rings. The Hall–Kier alpha value is -1.14. The maximum absolute atomic E-state index is 11.6. The Kier molecular flexibility index (Phi) is 4.99. The normalized spacial score (nSPS) is 20.4. The largest absolute Gasteiger partial charge is 0.356 e. The predicted octanol–water partition coefficient (Wildman–Crippen LogP) is 1.38. The summed E-state index contributed by atoms with van der Waals surface area (Å²) in [5, 5.41) is 3.35. The van der Waals surface area contributed by atoms with Crippen LogP contribution >= 0.6 is 0 Å². The highest BCUT2D eigenvalue weighted by Crippen LogP contribution is 2.18. The molecule has 1 aliphatic heterocycles. The predicted molar refractivity (Wildman–Crippen MR) is 81.8 cm³/mol. The van der Waals surface area contributed by atoms with Gasteiger partial charge in [0.2, 0.25) is 0 Å². The summed E-state index contributed by atoms with van der Waals surface area (Å²) in [5.41, 5.74) is 1.15. The Balaban J connectivity index is 2.06.